The van der Waals surface area contributed by atoms with Crippen LogP contribution in [0.5, 0.6) is 0 Å². The van der Waals surface area contributed by atoms with E-state index < -0.39 is 0 Å². The number of nitrogens with zero attached hydrogens (tertiary/aromatic N) is 3. The number of hydrogen-bond acceptors (Lipinski definition) is 4. The molecule has 104 valence electrons. The van der Waals surface area contributed by atoms with Crippen LogP contribution < -0.4 is 0 Å². The fourth-order valence-electron chi connectivity index (χ4n) is 3.31. The highest BCUT2D eigenvalue weighted by atomic mass is 16.5. The molecule has 2 fully saturated rings. The maximum Gasteiger partial charge on any atom is 0.323 e. The van der Waals surface area contributed by atoms with E-state index in [4.69, 9.17) is 4.74 Å². The molecule has 0 spiro atoms. The largest absolute Gasteiger partial charge is 0.464 e. The molecule has 3 rings (SSSR count). The van der Waals surface area contributed by atoms with E-state index in [2.05, 4.69) is 27.7 Å². The minimum Gasteiger partial charge on any atom is -0.464 e. The summed E-state index contributed by atoms with van der Waals surface area (Å²) in [6.45, 7) is 6.56. The second-order valence-electron chi connectivity index (χ2n) is 5.62. The Morgan fingerprint density at radius 2 is 2.26 bits per heavy atom. The second-order valence-corrected chi connectivity index (χ2v) is 5.62. The Bertz CT molecular complexity index is 483. The Labute approximate surface area is 113 Å². The van der Waals surface area contributed by atoms with Gasteiger partial charge in [-0.2, -0.15) is 5.10 Å². The van der Waals surface area contributed by atoms with Crippen LogP contribution in [-0.4, -0.2) is 45.9 Å². The van der Waals surface area contributed by atoms with E-state index in [1.165, 1.54) is 5.69 Å². The zero-order valence-electron chi connectivity index (χ0n) is 11.6. The monoisotopic (exact) mass is 263 g/mol. The van der Waals surface area contributed by atoms with Crippen molar-refractivity contribution in [2.24, 2.45) is 0 Å². The van der Waals surface area contributed by atoms with E-state index in [-0.39, 0.29) is 12.0 Å². The predicted octanol–water partition coefficient (Wildman–Crippen LogP) is 1.28. The molecule has 2 aliphatic rings. The van der Waals surface area contributed by atoms with Crippen molar-refractivity contribution in [2.75, 3.05) is 13.2 Å². The molecule has 0 bridgehead atoms. The van der Waals surface area contributed by atoms with Gasteiger partial charge < -0.3 is 4.74 Å². The van der Waals surface area contributed by atoms with Crippen molar-refractivity contribution >= 4 is 5.97 Å². The average Bonchev–Trinajstić information content (AvgIpc) is 3.02. The molecule has 2 aliphatic heterocycles. The number of esters is 1. The van der Waals surface area contributed by atoms with Gasteiger partial charge in [0.15, 0.2) is 0 Å². The number of carbonyl (C=O) groups excluding carboxylic acids is 1. The first-order chi connectivity index (χ1) is 9.15. The lowest BCUT2D eigenvalue weighted by molar-refractivity contribution is -0.142. The first-order valence-corrected chi connectivity index (χ1v) is 7.08. The van der Waals surface area contributed by atoms with E-state index in [0.29, 0.717) is 12.6 Å². The van der Waals surface area contributed by atoms with Gasteiger partial charge in [0.1, 0.15) is 6.04 Å². The quantitative estimate of drug-likeness (QED) is 0.771. The van der Waals surface area contributed by atoms with Crippen LogP contribution in [0.25, 0.3) is 0 Å². The van der Waals surface area contributed by atoms with Gasteiger partial charge in [-0.25, -0.2) is 0 Å². The zero-order valence-corrected chi connectivity index (χ0v) is 11.6. The van der Waals surface area contributed by atoms with Gasteiger partial charge in [-0.15, -0.1) is 0 Å². The van der Waals surface area contributed by atoms with Crippen molar-refractivity contribution in [1.29, 1.82) is 0 Å². The summed E-state index contributed by atoms with van der Waals surface area (Å²) in [7, 11) is 0. The SMILES string of the molecule is Cc1cc(C)n(C[C@@H]2CCCN2[C@H]2CCOC2=O)n1. The van der Waals surface area contributed by atoms with Crippen molar-refractivity contribution in [2.45, 2.75) is 51.7 Å². The molecule has 0 amide bonds. The molecule has 0 N–H and O–H groups in total. The lowest BCUT2D eigenvalue weighted by Gasteiger charge is -2.28. The molecule has 3 heterocycles. The van der Waals surface area contributed by atoms with Gasteiger partial charge in [0.25, 0.3) is 0 Å². The van der Waals surface area contributed by atoms with Crippen LogP contribution in [0, 0.1) is 13.8 Å². The number of aryl methyl sites for hydroxylation is 2. The highest BCUT2D eigenvalue weighted by Crippen LogP contribution is 2.26. The summed E-state index contributed by atoms with van der Waals surface area (Å²) in [5.74, 6) is -0.0414. The van der Waals surface area contributed by atoms with E-state index >= 15 is 0 Å². The summed E-state index contributed by atoms with van der Waals surface area (Å²) in [5.41, 5.74) is 2.25. The summed E-state index contributed by atoms with van der Waals surface area (Å²) in [4.78, 5) is 14.1. The lowest BCUT2D eigenvalue weighted by atomic mass is 10.1. The van der Waals surface area contributed by atoms with Crippen LogP contribution in [0.3, 0.4) is 0 Å². The van der Waals surface area contributed by atoms with E-state index in [1.54, 1.807) is 0 Å². The third-order valence-electron chi connectivity index (χ3n) is 4.22. The minimum absolute atomic E-state index is 0.0236. The van der Waals surface area contributed by atoms with Crippen LogP contribution in [0.1, 0.15) is 30.7 Å². The maximum atomic E-state index is 11.7. The Morgan fingerprint density at radius 1 is 1.42 bits per heavy atom. The summed E-state index contributed by atoms with van der Waals surface area (Å²) in [6.07, 6.45) is 3.14. The van der Waals surface area contributed by atoms with Gasteiger partial charge in [-0.1, -0.05) is 0 Å². The number of aromatic nitrogens is 2. The van der Waals surface area contributed by atoms with Crippen molar-refractivity contribution in [3.8, 4) is 0 Å². The number of carbonyl (C=O) groups is 1. The van der Waals surface area contributed by atoms with Gasteiger partial charge in [0.05, 0.1) is 18.8 Å². The van der Waals surface area contributed by atoms with Gasteiger partial charge in [0, 0.05) is 18.2 Å². The molecule has 5 heteroatoms. The maximum absolute atomic E-state index is 11.7. The number of rotatable bonds is 3. The molecule has 19 heavy (non-hydrogen) atoms. The summed E-state index contributed by atoms with van der Waals surface area (Å²) in [5, 5.41) is 4.53. The molecule has 0 unspecified atom stereocenters. The Balaban J connectivity index is 1.73. The van der Waals surface area contributed by atoms with Crippen LogP contribution in [0.4, 0.5) is 0 Å². The van der Waals surface area contributed by atoms with Crippen LogP contribution in [-0.2, 0) is 16.1 Å². The van der Waals surface area contributed by atoms with E-state index in [0.717, 1.165) is 38.0 Å². The second kappa shape index (κ2) is 4.96. The molecular formula is C14H21N3O2. The molecule has 1 aromatic rings. The first-order valence-electron chi connectivity index (χ1n) is 7.08. The van der Waals surface area contributed by atoms with Crippen LogP contribution in [0.15, 0.2) is 6.07 Å². The molecule has 0 saturated carbocycles. The number of cyclic esters (lactones) is 1. The van der Waals surface area contributed by atoms with E-state index in [1.807, 2.05) is 6.92 Å². The molecular weight excluding hydrogens is 242 g/mol. The normalized spacial score (nSPS) is 28.0. The first kappa shape index (κ1) is 12.7. The van der Waals surface area contributed by atoms with Crippen molar-refractivity contribution in [3.63, 3.8) is 0 Å². The predicted molar refractivity (Wildman–Crippen MR) is 70.8 cm³/mol. The molecule has 2 atom stereocenters. The van der Waals surface area contributed by atoms with Crippen molar-refractivity contribution in [3.05, 3.63) is 17.5 Å². The van der Waals surface area contributed by atoms with Gasteiger partial charge in [0.2, 0.25) is 0 Å². The molecule has 0 aliphatic carbocycles. The minimum atomic E-state index is -0.0414. The molecule has 0 radical (unpaired) electrons. The Kier molecular flexibility index (Phi) is 3.31. The molecule has 0 aromatic carbocycles. The zero-order chi connectivity index (χ0) is 13.4. The van der Waals surface area contributed by atoms with E-state index in [9.17, 15) is 4.79 Å². The topological polar surface area (TPSA) is 47.4 Å². The average molecular weight is 263 g/mol. The number of likely N-dealkylation sites (tertiary alicyclic amines) is 1. The van der Waals surface area contributed by atoms with Gasteiger partial charge in [-0.05, 0) is 39.3 Å². The smallest absolute Gasteiger partial charge is 0.323 e. The fraction of sp³-hybridized carbons (Fsp3) is 0.714. The third kappa shape index (κ3) is 2.39. The molecule has 2 saturated heterocycles. The third-order valence-corrected chi connectivity index (χ3v) is 4.22. The highest BCUT2D eigenvalue weighted by Gasteiger charge is 2.38. The summed E-state index contributed by atoms with van der Waals surface area (Å²) < 4.78 is 7.17. The lowest BCUT2D eigenvalue weighted by Crippen LogP contribution is -2.43. The van der Waals surface area contributed by atoms with Crippen LogP contribution >= 0.6 is 0 Å². The summed E-state index contributed by atoms with van der Waals surface area (Å²) in [6, 6.07) is 2.49. The fourth-order valence-corrected chi connectivity index (χ4v) is 3.31. The Hall–Kier alpha value is -1.36. The van der Waals surface area contributed by atoms with Crippen molar-refractivity contribution in [1.82, 2.24) is 14.7 Å². The van der Waals surface area contributed by atoms with Crippen LogP contribution in [0.2, 0.25) is 0 Å². The summed E-state index contributed by atoms with van der Waals surface area (Å²) >= 11 is 0. The van der Waals surface area contributed by atoms with Gasteiger partial charge in [-0.3, -0.25) is 14.4 Å². The number of ether oxygens (including phenoxy) is 1. The Morgan fingerprint density at radius 3 is 2.89 bits per heavy atom. The molecule has 5 nitrogen and oxygen atoms in total. The highest BCUT2D eigenvalue weighted by molar-refractivity contribution is 5.77. The number of hydrogen-bond donors (Lipinski definition) is 0. The molecule has 1 aromatic heterocycles. The van der Waals surface area contributed by atoms with Crippen molar-refractivity contribution < 1.29 is 9.53 Å². The standard InChI is InChI=1S/C14H21N3O2/c1-10-8-11(2)17(15-10)9-12-4-3-6-16(12)13-5-7-19-14(13)18/h8,12-13H,3-7,9H2,1-2H3/t12-,13-/m0/s1. The van der Waals surface area contributed by atoms with Gasteiger partial charge >= 0.3 is 5.97 Å².